The molecule has 0 radical (unpaired) electrons. The summed E-state index contributed by atoms with van der Waals surface area (Å²) in [5, 5.41) is 5.78. The second kappa shape index (κ2) is 9.80. The maximum atomic E-state index is 13.3. The van der Waals surface area contributed by atoms with Gasteiger partial charge in [-0.05, 0) is 43.0 Å². The van der Waals surface area contributed by atoms with E-state index in [9.17, 15) is 22.8 Å². The highest BCUT2D eigenvalue weighted by Gasteiger charge is 2.39. The molecule has 9 heteroatoms. The number of pyridine rings is 1. The third-order valence-corrected chi connectivity index (χ3v) is 6.39. The summed E-state index contributed by atoms with van der Waals surface area (Å²) in [6.45, 7) is 1.24. The van der Waals surface area contributed by atoms with Gasteiger partial charge in [-0.15, -0.1) is 0 Å². The second-order valence-electron chi connectivity index (χ2n) is 8.51. The number of amides is 2. The standard InChI is InChI=1S/C24H27F3N4O2/c25-24(26,27)17-9-10-21(30-15-17)28-12-13-29-22(32)18-6-2-3-7-19(18)23(33)31-14-11-16-5-1-4-8-20(16)31/h1,4-5,8-10,15,18-19H,2-3,6-7,11-14H2,(H,28,30)(H,29,32)/t18-,19-/m1/s1. The van der Waals surface area contributed by atoms with Gasteiger partial charge in [-0.3, -0.25) is 9.59 Å². The van der Waals surface area contributed by atoms with Crippen molar-refractivity contribution in [3.8, 4) is 0 Å². The Morgan fingerprint density at radius 2 is 1.79 bits per heavy atom. The van der Waals surface area contributed by atoms with Gasteiger partial charge in [0.25, 0.3) is 0 Å². The van der Waals surface area contributed by atoms with Crippen molar-refractivity contribution in [1.82, 2.24) is 10.3 Å². The summed E-state index contributed by atoms with van der Waals surface area (Å²) in [5.41, 5.74) is 1.29. The van der Waals surface area contributed by atoms with Crippen molar-refractivity contribution in [1.29, 1.82) is 0 Å². The molecular formula is C24H27F3N4O2. The number of hydrogen-bond donors (Lipinski definition) is 2. The van der Waals surface area contributed by atoms with E-state index < -0.39 is 11.7 Å². The summed E-state index contributed by atoms with van der Waals surface area (Å²) in [7, 11) is 0. The van der Waals surface area contributed by atoms with E-state index >= 15 is 0 Å². The summed E-state index contributed by atoms with van der Waals surface area (Å²) in [6, 6.07) is 10.1. The van der Waals surface area contributed by atoms with Crippen LogP contribution in [0.1, 0.15) is 36.8 Å². The fourth-order valence-corrected chi connectivity index (χ4v) is 4.68. The molecule has 6 nitrogen and oxygen atoms in total. The predicted molar refractivity (Wildman–Crippen MR) is 119 cm³/mol. The molecule has 1 saturated carbocycles. The highest BCUT2D eigenvalue weighted by atomic mass is 19.4. The molecule has 4 rings (SSSR count). The Kier molecular flexibility index (Phi) is 6.85. The van der Waals surface area contributed by atoms with Crippen molar-refractivity contribution in [2.24, 2.45) is 11.8 Å². The number of anilines is 2. The molecular weight excluding hydrogens is 433 g/mol. The van der Waals surface area contributed by atoms with Crippen molar-refractivity contribution in [3.63, 3.8) is 0 Å². The number of carbonyl (C=O) groups excluding carboxylic acids is 2. The van der Waals surface area contributed by atoms with Crippen molar-refractivity contribution in [3.05, 3.63) is 53.7 Å². The first kappa shape index (κ1) is 23.1. The summed E-state index contributed by atoms with van der Waals surface area (Å²) in [6.07, 6.45) is 0.382. The van der Waals surface area contributed by atoms with Crippen molar-refractivity contribution in [2.75, 3.05) is 29.9 Å². The number of rotatable bonds is 6. The van der Waals surface area contributed by atoms with Crippen LogP contribution in [0.5, 0.6) is 0 Å². The Morgan fingerprint density at radius 1 is 1.03 bits per heavy atom. The predicted octanol–water partition coefficient (Wildman–Crippen LogP) is 4.02. The van der Waals surface area contributed by atoms with Crippen LogP contribution < -0.4 is 15.5 Å². The molecule has 2 heterocycles. The van der Waals surface area contributed by atoms with Gasteiger partial charge in [0.05, 0.1) is 11.5 Å². The van der Waals surface area contributed by atoms with Gasteiger partial charge in [0.2, 0.25) is 11.8 Å². The summed E-state index contributed by atoms with van der Waals surface area (Å²) >= 11 is 0. The van der Waals surface area contributed by atoms with Gasteiger partial charge < -0.3 is 15.5 Å². The lowest BCUT2D eigenvalue weighted by molar-refractivity contribution is -0.137. The number of hydrogen-bond acceptors (Lipinski definition) is 4. The number of fused-ring (bicyclic) bond motifs is 1. The number of benzene rings is 1. The Bertz CT molecular complexity index is 994. The van der Waals surface area contributed by atoms with Crippen LogP contribution in [0.4, 0.5) is 24.7 Å². The molecule has 2 aliphatic rings. The average Bonchev–Trinajstić information content (AvgIpc) is 3.25. The third kappa shape index (κ3) is 5.29. The van der Waals surface area contributed by atoms with Crippen LogP contribution in [0, 0.1) is 11.8 Å². The number of alkyl halides is 3. The average molecular weight is 461 g/mol. The Labute approximate surface area is 190 Å². The molecule has 1 fully saturated rings. The van der Waals surface area contributed by atoms with Gasteiger partial charge in [-0.25, -0.2) is 4.98 Å². The summed E-state index contributed by atoms with van der Waals surface area (Å²) in [5.74, 6) is -0.539. The molecule has 33 heavy (non-hydrogen) atoms. The van der Waals surface area contributed by atoms with Gasteiger partial charge in [0, 0.05) is 37.4 Å². The number of nitrogens with zero attached hydrogens (tertiary/aromatic N) is 2. The smallest absolute Gasteiger partial charge is 0.368 e. The molecule has 2 aromatic rings. The number of nitrogens with one attached hydrogen (secondary N) is 2. The molecule has 2 N–H and O–H groups in total. The SMILES string of the molecule is O=C(NCCNc1ccc(C(F)(F)F)cn1)[C@@H]1CCCC[C@H]1C(=O)N1CCc2ccccc21. The van der Waals surface area contributed by atoms with Gasteiger partial charge in [0.1, 0.15) is 5.82 Å². The largest absolute Gasteiger partial charge is 0.417 e. The molecule has 1 aromatic carbocycles. The topological polar surface area (TPSA) is 74.3 Å². The number of carbonyl (C=O) groups is 2. The van der Waals surface area contributed by atoms with E-state index in [2.05, 4.69) is 15.6 Å². The number of para-hydroxylation sites is 1. The van der Waals surface area contributed by atoms with Crippen LogP contribution in [0.3, 0.4) is 0 Å². The lowest BCUT2D eigenvalue weighted by atomic mass is 9.77. The van der Waals surface area contributed by atoms with Gasteiger partial charge in [0.15, 0.2) is 0 Å². The number of aromatic nitrogens is 1. The summed E-state index contributed by atoms with van der Waals surface area (Å²) < 4.78 is 37.9. The van der Waals surface area contributed by atoms with E-state index in [0.717, 1.165) is 42.8 Å². The highest BCUT2D eigenvalue weighted by Crippen LogP contribution is 2.36. The molecule has 1 aliphatic carbocycles. The Hall–Kier alpha value is -3.10. The molecule has 2 atom stereocenters. The van der Waals surface area contributed by atoms with E-state index in [1.807, 2.05) is 29.2 Å². The van der Waals surface area contributed by atoms with Gasteiger partial charge in [-0.1, -0.05) is 31.0 Å². The molecule has 176 valence electrons. The first-order chi connectivity index (χ1) is 15.8. The quantitative estimate of drug-likeness (QED) is 0.639. The van der Waals surface area contributed by atoms with Crippen LogP contribution in [0.25, 0.3) is 0 Å². The van der Waals surface area contributed by atoms with Crippen molar-refractivity contribution < 1.29 is 22.8 Å². The zero-order valence-corrected chi connectivity index (χ0v) is 18.2. The summed E-state index contributed by atoms with van der Waals surface area (Å²) in [4.78, 5) is 31.8. The Morgan fingerprint density at radius 3 is 2.52 bits per heavy atom. The van der Waals surface area contributed by atoms with Crippen LogP contribution in [0.2, 0.25) is 0 Å². The van der Waals surface area contributed by atoms with E-state index in [-0.39, 0.29) is 30.2 Å². The van der Waals surface area contributed by atoms with E-state index in [1.54, 1.807) is 0 Å². The van der Waals surface area contributed by atoms with Crippen molar-refractivity contribution >= 4 is 23.3 Å². The minimum absolute atomic E-state index is 0.0203. The maximum absolute atomic E-state index is 13.3. The molecule has 2 amide bonds. The Balaban J connectivity index is 1.30. The van der Waals surface area contributed by atoms with Crippen LogP contribution in [0.15, 0.2) is 42.6 Å². The molecule has 0 spiro atoms. The van der Waals surface area contributed by atoms with Gasteiger partial charge >= 0.3 is 6.18 Å². The zero-order chi connectivity index (χ0) is 23.4. The minimum Gasteiger partial charge on any atom is -0.368 e. The van der Waals surface area contributed by atoms with E-state index in [4.69, 9.17) is 0 Å². The zero-order valence-electron chi connectivity index (χ0n) is 18.2. The molecule has 0 bridgehead atoms. The second-order valence-corrected chi connectivity index (χ2v) is 8.51. The van der Waals surface area contributed by atoms with E-state index in [1.165, 1.54) is 6.07 Å². The normalized spacial score (nSPS) is 20.3. The lowest BCUT2D eigenvalue weighted by Crippen LogP contribution is -2.45. The van der Waals surface area contributed by atoms with E-state index in [0.29, 0.717) is 31.7 Å². The molecule has 1 aromatic heterocycles. The van der Waals surface area contributed by atoms with Crippen molar-refractivity contribution in [2.45, 2.75) is 38.3 Å². The number of halogens is 3. The molecule has 0 saturated heterocycles. The van der Waals surface area contributed by atoms with Crippen LogP contribution >= 0.6 is 0 Å². The first-order valence-electron chi connectivity index (χ1n) is 11.3. The molecule has 0 unspecified atom stereocenters. The fraction of sp³-hybridized carbons (Fsp3) is 0.458. The minimum atomic E-state index is -4.43. The molecule has 1 aliphatic heterocycles. The monoisotopic (exact) mass is 460 g/mol. The fourth-order valence-electron chi connectivity index (χ4n) is 4.68. The highest BCUT2D eigenvalue weighted by molar-refractivity contribution is 5.99. The maximum Gasteiger partial charge on any atom is 0.417 e. The lowest BCUT2D eigenvalue weighted by Gasteiger charge is -2.32. The first-order valence-corrected chi connectivity index (χ1v) is 11.3. The van der Waals surface area contributed by atoms with Crippen LogP contribution in [-0.2, 0) is 22.2 Å². The third-order valence-electron chi connectivity index (χ3n) is 6.39. The van der Waals surface area contributed by atoms with Gasteiger partial charge in [-0.2, -0.15) is 13.2 Å². The van der Waals surface area contributed by atoms with Crippen LogP contribution in [-0.4, -0.2) is 36.4 Å².